The summed E-state index contributed by atoms with van der Waals surface area (Å²) >= 11 is 0. The maximum atomic E-state index is 10.4. The Labute approximate surface area is 154 Å². The number of hydrogen-bond donors (Lipinski definition) is 5. The molecule has 0 spiro atoms. The van der Waals surface area contributed by atoms with Gasteiger partial charge in [-0.2, -0.15) is 8.42 Å². The number of phenolic OH excluding ortho intramolecular Hbond substituents is 1. The van der Waals surface area contributed by atoms with Crippen molar-refractivity contribution in [3.63, 3.8) is 0 Å². The van der Waals surface area contributed by atoms with E-state index in [-0.39, 0.29) is 17.7 Å². The number of hydrogen-bond acceptors (Lipinski definition) is 5. The van der Waals surface area contributed by atoms with Gasteiger partial charge in [0.05, 0.1) is 6.10 Å². The Morgan fingerprint density at radius 1 is 1.12 bits per heavy atom. The molecule has 2 saturated carbocycles. The fraction of sp³-hybridized carbons (Fsp3) is 0.667. The third-order valence-electron chi connectivity index (χ3n) is 6.66. The van der Waals surface area contributed by atoms with Gasteiger partial charge in [0.15, 0.2) is 0 Å². The minimum absolute atomic E-state index is 0. The summed E-state index contributed by atoms with van der Waals surface area (Å²) in [7, 11) is -4.67. The van der Waals surface area contributed by atoms with Crippen molar-refractivity contribution in [1.82, 2.24) is 6.15 Å². The summed E-state index contributed by atoms with van der Waals surface area (Å²) in [6.07, 6.45) is 6.78. The summed E-state index contributed by atoms with van der Waals surface area (Å²) in [5.74, 6) is 2.49. The van der Waals surface area contributed by atoms with Crippen LogP contribution < -0.4 is 6.15 Å². The molecule has 3 aliphatic carbocycles. The standard InChI is InChI=1S/C18H24O2.H3N.H2O4S/c1-18-9-8-14-13-5-3-12(19)10-11(13)2-4-15(14)16(18)6-7-17(18)20;;1-5(2,3)4/h3,5,10,14-17,19-20H,2,4,6-9H2,1H3;1H3;(H2,1,2,3,4)/t14-,15-,16+,17-,18+;;/m1../s1. The summed E-state index contributed by atoms with van der Waals surface area (Å²) in [6, 6.07) is 5.96. The quantitative estimate of drug-likeness (QED) is 0.429. The smallest absolute Gasteiger partial charge is 0.394 e. The SMILES string of the molecule is C[C@]12CC[C@@H]3c4ccc(O)cc4CC[C@H]3[C@@H]1CC[C@H]2O.N.O=S(=O)(O)O. The second-order valence-electron chi connectivity index (χ2n) is 7.88. The molecule has 0 unspecified atom stereocenters. The molecule has 1 aromatic carbocycles. The molecule has 2 fully saturated rings. The highest BCUT2D eigenvalue weighted by atomic mass is 32.3. The number of rotatable bonds is 0. The van der Waals surface area contributed by atoms with Crippen LogP contribution in [0.4, 0.5) is 0 Å². The van der Waals surface area contributed by atoms with Crippen LogP contribution in [-0.2, 0) is 16.8 Å². The largest absolute Gasteiger partial charge is 0.508 e. The van der Waals surface area contributed by atoms with E-state index in [2.05, 4.69) is 13.0 Å². The zero-order chi connectivity index (χ0) is 18.4. The minimum atomic E-state index is -4.67. The van der Waals surface area contributed by atoms with Crippen LogP contribution >= 0.6 is 0 Å². The normalized spacial score (nSPS) is 35.1. The van der Waals surface area contributed by atoms with Gasteiger partial charge >= 0.3 is 10.4 Å². The Morgan fingerprint density at radius 3 is 2.42 bits per heavy atom. The molecule has 1 aromatic rings. The van der Waals surface area contributed by atoms with Crippen molar-refractivity contribution >= 4 is 10.4 Å². The van der Waals surface area contributed by atoms with Crippen LogP contribution in [0.5, 0.6) is 5.75 Å². The highest BCUT2D eigenvalue weighted by Crippen LogP contribution is 2.60. The van der Waals surface area contributed by atoms with Gasteiger partial charge in [-0.3, -0.25) is 9.11 Å². The number of aliphatic hydroxyl groups is 1. The molecule has 148 valence electrons. The van der Waals surface area contributed by atoms with Gasteiger partial charge in [-0.25, -0.2) is 0 Å². The lowest BCUT2D eigenvalue weighted by molar-refractivity contribution is -0.0226. The zero-order valence-electron chi connectivity index (χ0n) is 15.0. The second kappa shape index (κ2) is 7.44. The fourth-order valence-electron chi connectivity index (χ4n) is 5.54. The number of benzene rings is 1. The van der Waals surface area contributed by atoms with Crippen LogP contribution in [0.15, 0.2) is 18.2 Å². The van der Waals surface area contributed by atoms with Crippen molar-refractivity contribution in [1.29, 1.82) is 0 Å². The molecule has 7 N–H and O–H groups in total. The van der Waals surface area contributed by atoms with Crippen molar-refractivity contribution in [3.05, 3.63) is 29.3 Å². The van der Waals surface area contributed by atoms with Gasteiger partial charge in [0.1, 0.15) is 5.75 Å². The van der Waals surface area contributed by atoms with Crippen molar-refractivity contribution in [2.45, 2.75) is 57.5 Å². The molecule has 4 rings (SSSR count). The summed E-state index contributed by atoms with van der Waals surface area (Å²) < 4.78 is 31.6. The van der Waals surface area contributed by atoms with Crippen LogP contribution in [-0.4, -0.2) is 33.8 Å². The number of aryl methyl sites for hydroxylation is 1. The van der Waals surface area contributed by atoms with E-state index in [1.54, 1.807) is 0 Å². The monoisotopic (exact) mass is 387 g/mol. The molecule has 26 heavy (non-hydrogen) atoms. The molecule has 0 aliphatic heterocycles. The van der Waals surface area contributed by atoms with E-state index in [4.69, 9.17) is 17.5 Å². The Hall–Kier alpha value is -1.19. The molecule has 5 atom stereocenters. The minimum Gasteiger partial charge on any atom is -0.508 e. The molecular formula is C18H29NO6S. The average molecular weight is 387 g/mol. The van der Waals surface area contributed by atoms with Gasteiger partial charge < -0.3 is 16.4 Å². The molecule has 8 heteroatoms. The van der Waals surface area contributed by atoms with Crippen molar-refractivity contribution in [3.8, 4) is 5.75 Å². The van der Waals surface area contributed by atoms with E-state index < -0.39 is 10.4 Å². The lowest BCUT2D eigenvalue weighted by Crippen LogP contribution is -2.43. The molecule has 0 heterocycles. The van der Waals surface area contributed by atoms with E-state index in [0.717, 1.165) is 25.2 Å². The van der Waals surface area contributed by atoms with E-state index in [1.165, 1.54) is 30.4 Å². The first kappa shape index (κ1) is 21.1. The molecule has 0 aromatic heterocycles. The van der Waals surface area contributed by atoms with Gasteiger partial charge in [0.2, 0.25) is 0 Å². The Kier molecular flexibility index (Phi) is 6.04. The maximum Gasteiger partial charge on any atom is 0.394 e. The van der Waals surface area contributed by atoms with Crippen molar-refractivity contribution in [2.24, 2.45) is 17.3 Å². The predicted molar refractivity (Wildman–Crippen MR) is 97.9 cm³/mol. The molecular weight excluding hydrogens is 358 g/mol. The Balaban J connectivity index is 0.000000362. The first-order valence-corrected chi connectivity index (χ1v) is 10.2. The van der Waals surface area contributed by atoms with E-state index >= 15 is 0 Å². The second-order valence-corrected chi connectivity index (χ2v) is 8.78. The maximum absolute atomic E-state index is 10.4. The number of aliphatic hydroxyl groups excluding tert-OH is 1. The van der Waals surface area contributed by atoms with Crippen LogP contribution in [0.3, 0.4) is 0 Å². The van der Waals surface area contributed by atoms with Gasteiger partial charge in [-0.1, -0.05) is 13.0 Å². The van der Waals surface area contributed by atoms with Gasteiger partial charge in [-0.15, -0.1) is 0 Å². The van der Waals surface area contributed by atoms with Crippen LogP contribution in [0, 0.1) is 17.3 Å². The predicted octanol–water partition coefficient (Wildman–Crippen LogP) is 3.12. The summed E-state index contributed by atoms with van der Waals surface area (Å²) in [5.41, 5.74) is 2.99. The van der Waals surface area contributed by atoms with Crippen molar-refractivity contribution < 1.29 is 27.7 Å². The van der Waals surface area contributed by atoms with Crippen LogP contribution in [0.25, 0.3) is 0 Å². The molecule has 7 nitrogen and oxygen atoms in total. The molecule has 3 aliphatic rings. The fourth-order valence-corrected chi connectivity index (χ4v) is 5.54. The number of aromatic hydroxyl groups is 1. The highest BCUT2D eigenvalue weighted by molar-refractivity contribution is 7.79. The Bertz CT molecular complexity index is 744. The Morgan fingerprint density at radius 2 is 1.77 bits per heavy atom. The first-order chi connectivity index (χ1) is 11.6. The van der Waals surface area contributed by atoms with Gasteiger partial charge in [0.25, 0.3) is 0 Å². The van der Waals surface area contributed by atoms with E-state index in [0.29, 0.717) is 17.6 Å². The zero-order valence-corrected chi connectivity index (χ0v) is 15.8. The third-order valence-corrected chi connectivity index (χ3v) is 6.66. The number of fused-ring (bicyclic) bond motifs is 5. The van der Waals surface area contributed by atoms with Crippen LogP contribution in [0.2, 0.25) is 0 Å². The lowest BCUT2D eigenvalue weighted by atomic mass is 9.55. The van der Waals surface area contributed by atoms with E-state index in [1.807, 2.05) is 12.1 Å². The summed E-state index contributed by atoms with van der Waals surface area (Å²) in [5, 5.41) is 20.0. The first-order valence-electron chi connectivity index (χ1n) is 8.79. The molecule has 0 amide bonds. The highest BCUT2D eigenvalue weighted by Gasteiger charge is 2.54. The number of phenols is 1. The third kappa shape index (κ3) is 4.04. The van der Waals surface area contributed by atoms with Crippen LogP contribution in [0.1, 0.15) is 56.1 Å². The van der Waals surface area contributed by atoms with Crippen molar-refractivity contribution in [2.75, 3.05) is 0 Å². The lowest BCUT2D eigenvalue weighted by Gasteiger charge is -2.50. The molecule has 0 radical (unpaired) electrons. The summed E-state index contributed by atoms with van der Waals surface area (Å²) in [6.45, 7) is 2.32. The molecule has 0 saturated heterocycles. The average Bonchev–Trinajstić information content (AvgIpc) is 2.81. The van der Waals surface area contributed by atoms with Gasteiger partial charge in [-0.05, 0) is 85.0 Å². The molecule has 0 bridgehead atoms. The van der Waals surface area contributed by atoms with Gasteiger partial charge in [0, 0.05) is 0 Å². The topological polar surface area (TPSA) is 150 Å². The summed E-state index contributed by atoms with van der Waals surface area (Å²) in [4.78, 5) is 0. The van der Waals surface area contributed by atoms with E-state index in [9.17, 15) is 10.2 Å².